The van der Waals surface area contributed by atoms with Crippen LogP contribution in [0.1, 0.15) is 29.1 Å². The van der Waals surface area contributed by atoms with Crippen molar-refractivity contribution in [3.63, 3.8) is 0 Å². The standard InChI is InChI=1S/C17H12FN3OS2.C2H6/c18-13-5-3-4-12(10-13)17(22)21-20-11-14-7-8-16(23-14)24-15-6-1-2-9-19-15;1-2/h1-11H,(H,21,22);1-2H3/b20-11+;. The fourth-order valence-corrected chi connectivity index (χ4v) is 3.74. The molecule has 0 spiro atoms. The molecule has 0 fully saturated rings. The fraction of sp³-hybridized carbons (Fsp3) is 0.105. The Hall–Kier alpha value is -2.51. The molecule has 4 nitrogen and oxygen atoms in total. The first-order valence-electron chi connectivity index (χ1n) is 7.98. The number of hydrogen-bond donors (Lipinski definition) is 1. The Morgan fingerprint density at radius 2 is 2.04 bits per heavy atom. The monoisotopic (exact) mass is 387 g/mol. The van der Waals surface area contributed by atoms with E-state index in [0.29, 0.717) is 0 Å². The summed E-state index contributed by atoms with van der Waals surface area (Å²) in [5.74, 6) is -0.911. The number of aromatic nitrogens is 1. The number of thiophene rings is 1. The summed E-state index contributed by atoms with van der Waals surface area (Å²) in [5, 5.41) is 4.83. The normalized spacial score (nSPS) is 10.3. The molecule has 7 heteroatoms. The predicted molar refractivity (Wildman–Crippen MR) is 105 cm³/mol. The maximum Gasteiger partial charge on any atom is 0.271 e. The zero-order valence-electron chi connectivity index (χ0n) is 14.3. The third-order valence-electron chi connectivity index (χ3n) is 2.89. The van der Waals surface area contributed by atoms with Crippen LogP contribution in [0.4, 0.5) is 4.39 Å². The van der Waals surface area contributed by atoms with Gasteiger partial charge >= 0.3 is 0 Å². The van der Waals surface area contributed by atoms with Crippen LogP contribution in [0.2, 0.25) is 0 Å². The number of benzene rings is 1. The SMILES string of the molecule is CC.O=C(N/N=C/c1ccc(Sc2ccccn2)s1)c1cccc(F)c1. The smallest absolute Gasteiger partial charge is 0.267 e. The lowest BCUT2D eigenvalue weighted by Crippen LogP contribution is -2.17. The number of hydrazone groups is 1. The summed E-state index contributed by atoms with van der Waals surface area (Å²) in [4.78, 5) is 17.0. The zero-order valence-corrected chi connectivity index (χ0v) is 16.0. The average Bonchev–Trinajstić information content (AvgIpc) is 3.11. The highest BCUT2D eigenvalue weighted by molar-refractivity contribution is 8.01. The molecule has 0 saturated carbocycles. The minimum absolute atomic E-state index is 0.227. The first-order valence-corrected chi connectivity index (χ1v) is 9.62. The minimum Gasteiger partial charge on any atom is -0.267 e. The molecular weight excluding hydrogens is 369 g/mol. The molecule has 1 N–H and O–H groups in total. The molecule has 1 aromatic carbocycles. The molecule has 0 aliphatic rings. The Morgan fingerprint density at radius 1 is 1.19 bits per heavy atom. The van der Waals surface area contributed by atoms with Gasteiger partial charge in [0.15, 0.2) is 0 Å². The summed E-state index contributed by atoms with van der Waals surface area (Å²) in [6.07, 6.45) is 3.31. The van der Waals surface area contributed by atoms with Crippen LogP contribution in [0.5, 0.6) is 0 Å². The number of pyridine rings is 1. The Kier molecular flexibility index (Phi) is 7.98. The van der Waals surface area contributed by atoms with E-state index in [9.17, 15) is 9.18 Å². The van der Waals surface area contributed by atoms with E-state index in [1.165, 1.54) is 29.5 Å². The highest BCUT2D eigenvalue weighted by atomic mass is 32.2. The largest absolute Gasteiger partial charge is 0.271 e. The van der Waals surface area contributed by atoms with Crippen molar-refractivity contribution in [1.82, 2.24) is 10.4 Å². The molecule has 0 aliphatic carbocycles. The van der Waals surface area contributed by atoms with Crippen LogP contribution >= 0.6 is 23.1 Å². The molecule has 2 aromatic heterocycles. The molecule has 0 aliphatic heterocycles. The van der Waals surface area contributed by atoms with Crippen molar-refractivity contribution in [3.8, 4) is 0 Å². The quantitative estimate of drug-likeness (QED) is 0.482. The lowest BCUT2D eigenvalue weighted by atomic mass is 10.2. The lowest BCUT2D eigenvalue weighted by Gasteiger charge is -1.99. The van der Waals surface area contributed by atoms with Crippen molar-refractivity contribution < 1.29 is 9.18 Å². The fourth-order valence-electron chi connectivity index (χ4n) is 1.82. The molecule has 134 valence electrons. The second kappa shape index (κ2) is 10.5. The first-order chi connectivity index (χ1) is 12.7. The number of nitrogens with zero attached hydrogens (tertiary/aromatic N) is 2. The van der Waals surface area contributed by atoms with Gasteiger partial charge in [0.1, 0.15) is 10.8 Å². The Balaban J connectivity index is 0.00000117. The molecule has 26 heavy (non-hydrogen) atoms. The van der Waals surface area contributed by atoms with Gasteiger partial charge in [-0.3, -0.25) is 4.79 Å². The van der Waals surface area contributed by atoms with Gasteiger partial charge in [0.25, 0.3) is 5.91 Å². The van der Waals surface area contributed by atoms with E-state index in [2.05, 4.69) is 15.5 Å². The highest BCUT2D eigenvalue weighted by Gasteiger charge is 2.05. The first kappa shape index (κ1) is 19.8. The number of hydrogen-bond acceptors (Lipinski definition) is 5. The summed E-state index contributed by atoms with van der Waals surface area (Å²) in [6, 6.07) is 15.1. The average molecular weight is 388 g/mol. The lowest BCUT2D eigenvalue weighted by molar-refractivity contribution is 0.0954. The molecule has 3 aromatic rings. The van der Waals surface area contributed by atoms with E-state index in [1.54, 1.807) is 24.2 Å². The zero-order chi connectivity index (χ0) is 18.8. The molecule has 0 unspecified atom stereocenters. The second-order valence-electron chi connectivity index (χ2n) is 4.64. The van der Waals surface area contributed by atoms with Gasteiger partial charge in [0.2, 0.25) is 0 Å². The van der Waals surface area contributed by atoms with Crippen LogP contribution in [-0.4, -0.2) is 17.1 Å². The summed E-state index contributed by atoms with van der Waals surface area (Å²) >= 11 is 3.10. The summed E-state index contributed by atoms with van der Waals surface area (Å²) in [7, 11) is 0. The van der Waals surface area contributed by atoms with Gasteiger partial charge in [-0.25, -0.2) is 14.8 Å². The van der Waals surface area contributed by atoms with Gasteiger partial charge in [-0.2, -0.15) is 5.10 Å². The van der Waals surface area contributed by atoms with Crippen molar-refractivity contribution in [2.24, 2.45) is 5.10 Å². The van der Waals surface area contributed by atoms with E-state index < -0.39 is 11.7 Å². The van der Waals surface area contributed by atoms with Gasteiger partial charge in [0, 0.05) is 16.6 Å². The van der Waals surface area contributed by atoms with Crippen LogP contribution in [0.15, 0.2) is 75.1 Å². The van der Waals surface area contributed by atoms with Crippen LogP contribution in [0, 0.1) is 5.82 Å². The van der Waals surface area contributed by atoms with E-state index in [0.717, 1.165) is 20.2 Å². The number of carbonyl (C=O) groups is 1. The number of halogens is 1. The molecule has 0 radical (unpaired) electrons. The van der Waals surface area contributed by atoms with Crippen molar-refractivity contribution in [2.45, 2.75) is 23.1 Å². The third kappa shape index (κ3) is 6.09. The van der Waals surface area contributed by atoms with Gasteiger partial charge in [-0.15, -0.1) is 11.3 Å². The summed E-state index contributed by atoms with van der Waals surface area (Å²) in [5.41, 5.74) is 2.61. The molecular formula is C19H18FN3OS2. The molecule has 0 bridgehead atoms. The van der Waals surface area contributed by atoms with Crippen LogP contribution < -0.4 is 5.43 Å². The van der Waals surface area contributed by atoms with Gasteiger partial charge in [-0.05, 0) is 42.5 Å². The molecule has 2 heterocycles. The van der Waals surface area contributed by atoms with Gasteiger partial charge in [0.05, 0.1) is 10.4 Å². The van der Waals surface area contributed by atoms with Crippen molar-refractivity contribution >= 4 is 35.2 Å². The Morgan fingerprint density at radius 3 is 2.77 bits per heavy atom. The van der Waals surface area contributed by atoms with Crippen LogP contribution in [0.25, 0.3) is 0 Å². The summed E-state index contributed by atoms with van der Waals surface area (Å²) in [6.45, 7) is 4.00. The number of nitrogens with one attached hydrogen (secondary N) is 1. The second-order valence-corrected chi connectivity index (χ2v) is 7.07. The molecule has 1 amide bonds. The van der Waals surface area contributed by atoms with Crippen molar-refractivity contribution in [3.05, 3.63) is 77.1 Å². The van der Waals surface area contributed by atoms with E-state index in [1.807, 2.05) is 44.2 Å². The minimum atomic E-state index is -0.457. The topological polar surface area (TPSA) is 54.4 Å². The Bertz CT molecular complexity index is 866. The van der Waals surface area contributed by atoms with Crippen molar-refractivity contribution in [1.29, 1.82) is 0 Å². The van der Waals surface area contributed by atoms with E-state index in [4.69, 9.17) is 0 Å². The highest BCUT2D eigenvalue weighted by Crippen LogP contribution is 2.31. The van der Waals surface area contributed by atoms with Gasteiger partial charge in [-0.1, -0.05) is 37.7 Å². The summed E-state index contributed by atoms with van der Waals surface area (Å²) < 4.78 is 14.1. The number of rotatable bonds is 5. The van der Waals surface area contributed by atoms with Crippen molar-refractivity contribution in [2.75, 3.05) is 0 Å². The third-order valence-corrected chi connectivity index (χ3v) is 4.99. The molecule has 0 atom stereocenters. The van der Waals surface area contributed by atoms with E-state index >= 15 is 0 Å². The van der Waals surface area contributed by atoms with Crippen LogP contribution in [0.3, 0.4) is 0 Å². The molecule has 3 rings (SSSR count). The van der Waals surface area contributed by atoms with Gasteiger partial charge < -0.3 is 0 Å². The Labute approximate surface area is 160 Å². The predicted octanol–water partition coefficient (Wildman–Crippen LogP) is 5.22. The maximum absolute atomic E-state index is 13.1. The molecule has 0 saturated heterocycles. The van der Waals surface area contributed by atoms with E-state index in [-0.39, 0.29) is 5.56 Å². The maximum atomic E-state index is 13.1. The van der Waals surface area contributed by atoms with Crippen LogP contribution in [-0.2, 0) is 0 Å². The number of amides is 1. The number of carbonyl (C=O) groups excluding carboxylic acids is 1.